The number of nitrogens with zero attached hydrogens (tertiary/aromatic N) is 3. The van der Waals surface area contributed by atoms with Crippen molar-refractivity contribution < 1.29 is 18.0 Å². The quantitative estimate of drug-likeness (QED) is 0.461. The Balaban J connectivity index is 1.28. The van der Waals surface area contributed by atoms with Gasteiger partial charge < -0.3 is 15.1 Å². The van der Waals surface area contributed by atoms with Gasteiger partial charge in [0.15, 0.2) is 0 Å². The molecule has 1 N–H and O–H groups in total. The molecule has 1 aromatic heterocycles. The summed E-state index contributed by atoms with van der Waals surface area (Å²) in [6.45, 7) is 0.446. The van der Waals surface area contributed by atoms with Crippen LogP contribution in [0.2, 0.25) is 0 Å². The van der Waals surface area contributed by atoms with Crippen molar-refractivity contribution in [2.24, 2.45) is 0 Å². The van der Waals surface area contributed by atoms with Crippen LogP contribution in [0.1, 0.15) is 30.4 Å². The molecule has 2 bridgehead atoms. The van der Waals surface area contributed by atoms with E-state index in [0.29, 0.717) is 18.5 Å². The largest absolute Gasteiger partial charge is 0.378 e. The maximum atomic E-state index is 14.9. The molecule has 5 rings (SSSR count). The van der Waals surface area contributed by atoms with Crippen molar-refractivity contribution in [1.29, 1.82) is 0 Å². The van der Waals surface area contributed by atoms with E-state index >= 15 is 0 Å². The van der Waals surface area contributed by atoms with Gasteiger partial charge in [-0.3, -0.25) is 0 Å². The Labute approximate surface area is 208 Å². The van der Waals surface area contributed by atoms with E-state index in [1.165, 1.54) is 12.1 Å². The van der Waals surface area contributed by atoms with Gasteiger partial charge in [0.2, 0.25) is 11.9 Å². The second kappa shape index (κ2) is 9.68. The molecule has 2 atom stereocenters. The summed E-state index contributed by atoms with van der Waals surface area (Å²) in [5.74, 6) is -2.56. The molecule has 0 aliphatic carbocycles. The zero-order valence-electron chi connectivity index (χ0n) is 20.1. The fourth-order valence-electron chi connectivity index (χ4n) is 5.11. The average molecular weight is 493 g/mol. The van der Waals surface area contributed by atoms with Gasteiger partial charge in [-0.2, -0.15) is 13.8 Å². The number of amides is 2. The summed E-state index contributed by atoms with van der Waals surface area (Å²) in [6.07, 6.45) is 4.40. The van der Waals surface area contributed by atoms with E-state index in [0.717, 1.165) is 41.8 Å². The molecule has 2 unspecified atom stereocenters. The summed E-state index contributed by atoms with van der Waals surface area (Å²) in [5.41, 5.74) is 4.02. The van der Waals surface area contributed by atoms with E-state index < -0.39 is 17.7 Å². The van der Waals surface area contributed by atoms with Crippen LogP contribution in [0.25, 0.3) is 16.7 Å². The van der Waals surface area contributed by atoms with Crippen molar-refractivity contribution in [3.05, 3.63) is 89.5 Å². The number of hydrogen-bond donors (Lipinski definition) is 1. The van der Waals surface area contributed by atoms with Gasteiger partial charge in [0.25, 0.3) is 0 Å². The third-order valence-electron chi connectivity index (χ3n) is 6.94. The van der Waals surface area contributed by atoms with Gasteiger partial charge in [-0.15, -0.1) is 0 Å². The van der Waals surface area contributed by atoms with E-state index in [4.69, 9.17) is 0 Å². The highest BCUT2D eigenvalue weighted by molar-refractivity contribution is 5.79. The molecule has 2 aliphatic rings. The van der Waals surface area contributed by atoms with Crippen molar-refractivity contribution >= 4 is 17.3 Å². The van der Waals surface area contributed by atoms with Gasteiger partial charge in [-0.05, 0) is 59.7 Å². The highest BCUT2D eigenvalue weighted by Gasteiger charge is 2.39. The topological polar surface area (TPSA) is 48.5 Å². The van der Waals surface area contributed by atoms with Crippen LogP contribution < -0.4 is 10.2 Å². The molecule has 1 fully saturated rings. The first kappa shape index (κ1) is 23.9. The molecule has 1 saturated heterocycles. The summed E-state index contributed by atoms with van der Waals surface area (Å²) in [4.78, 5) is 20.0. The van der Waals surface area contributed by atoms with Crippen molar-refractivity contribution in [2.45, 2.75) is 37.9 Å². The Kier molecular flexibility index (Phi) is 6.43. The number of nitrogens with one attached hydrogen (secondary N) is 1. The lowest BCUT2D eigenvalue weighted by molar-refractivity contribution is 0.179. The minimum Gasteiger partial charge on any atom is -0.378 e. The highest BCUT2D eigenvalue weighted by atomic mass is 19.1. The molecule has 2 aliphatic heterocycles. The van der Waals surface area contributed by atoms with E-state index in [1.807, 2.05) is 54.2 Å². The molecule has 3 heterocycles. The van der Waals surface area contributed by atoms with E-state index in [2.05, 4.69) is 10.3 Å². The predicted octanol–water partition coefficient (Wildman–Crippen LogP) is 5.76. The number of carbonyl (C=O) groups is 1. The van der Waals surface area contributed by atoms with Crippen molar-refractivity contribution in [3.63, 3.8) is 0 Å². The van der Waals surface area contributed by atoms with Crippen LogP contribution in [0, 0.1) is 17.7 Å². The number of urea groups is 1. The number of benzene rings is 2. The highest BCUT2D eigenvalue weighted by Crippen LogP contribution is 2.39. The monoisotopic (exact) mass is 492 g/mol. The molecular formula is C28H27F3N4O. The summed E-state index contributed by atoms with van der Waals surface area (Å²) in [5, 5.41) is 3.03. The molecule has 3 aromatic rings. The fraction of sp³-hybridized carbons (Fsp3) is 0.286. The minimum atomic E-state index is -0.996. The number of fused-ring (bicyclic) bond motifs is 2. The average Bonchev–Trinajstić information content (AvgIpc) is 3.11. The molecular weight excluding hydrogens is 465 g/mol. The van der Waals surface area contributed by atoms with E-state index in [-0.39, 0.29) is 29.2 Å². The Hall–Kier alpha value is -3.81. The molecule has 0 saturated carbocycles. The van der Waals surface area contributed by atoms with E-state index in [1.54, 1.807) is 6.07 Å². The number of pyridine rings is 1. The third-order valence-corrected chi connectivity index (χ3v) is 6.94. The maximum absolute atomic E-state index is 14.9. The van der Waals surface area contributed by atoms with Crippen LogP contribution in [-0.2, 0) is 6.54 Å². The van der Waals surface area contributed by atoms with Crippen molar-refractivity contribution in [1.82, 2.24) is 15.2 Å². The van der Waals surface area contributed by atoms with Crippen LogP contribution in [0.5, 0.6) is 0 Å². The van der Waals surface area contributed by atoms with E-state index in [9.17, 15) is 18.0 Å². The number of carbonyl (C=O) groups excluding carboxylic acids is 1. The summed E-state index contributed by atoms with van der Waals surface area (Å²) in [6, 6.07) is 14.6. The van der Waals surface area contributed by atoms with Gasteiger partial charge in [-0.25, -0.2) is 9.18 Å². The first-order valence-electron chi connectivity index (χ1n) is 11.9. The Morgan fingerprint density at radius 2 is 1.72 bits per heavy atom. The second-order valence-corrected chi connectivity index (χ2v) is 9.52. The van der Waals surface area contributed by atoms with Gasteiger partial charge in [0, 0.05) is 50.1 Å². The number of rotatable bonds is 5. The lowest BCUT2D eigenvalue weighted by Crippen LogP contribution is -2.48. The summed E-state index contributed by atoms with van der Waals surface area (Å²) >= 11 is 0. The summed E-state index contributed by atoms with van der Waals surface area (Å²) in [7, 11) is 3.97. The minimum absolute atomic E-state index is 0.0391. The predicted molar refractivity (Wildman–Crippen MR) is 134 cm³/mol. The SMILES string of the molecule is CN(C)c1ccc(CNC(=O)N2C3C=C(c4ccc(-c5cc(F)nc(F)c5)c(F)c4)CC2CC3)cc1. The molecule has 8 heteroatoms. The summed E-state index contributed by atoms with van der Waals surface area (Å²) < 4.78 is 41.9. The third kappa shape index (κ3) is 4.80. The smallest absolute Gasteiger partial charge is 0.318 e. The fourth-order valence-corrected chi connectivity index (χ4v) is 5.11. The zero-order chi connectivity index (χ0) is 25.4. The second-order valence-electron chi connectivity index (χ2n) is 9.52. The van der Waals surface area contributed by atoms with Crippen LogP contribution in [0.15, 0.2) is 60.7 Å². The molecule has 2 aromatic carbocycles. The molecule has 36 heavy (non-hydrogen) atoms. The molecule has 186 valence electrons. The maximum Gasteiger partial charge on any atom is 0.318 e. The molecule has 5 nitrogen and oxygen atoms in total. The Morgan fingerprint density at radius 1 is 1.00 bits per heavy atom. The zero-order valence-corrected chi connectivity index (χ0v) is 20.1. The first-order valence-corrected chi connectivity index (χ1v) is 11.9. The number of anilines is 1. The Morgan fingerprint density at radius 3 is 2.36 bits per heavy atom. The van der Waals surface area contributed by atoms with Crippen LogP contribution >= 0.6 is 0 Å². The standard InChI is InChI=1S/C28H27F3N4O/c1-34(2)21-6-3-17(4-7-21)16-32-28(36)35-22-8-9-23(35)12-19(11-22)18-5-10-24(25(29)13-18)20-14-26(30)33-27(31)15-20/h3-7,10-11,13-15,22-23H,8-9,12,16H2,1-2H3,(H,32,36). The van der Waals surface area contributed by atoms with Crippen LogP contribution in [0.3, 0.4) is 0 Å². The van der Waals surface area contributed by atoms with Crippen LogP contribution in [-0.4, -0.2) is 42.1 Å². The van der Waals surface area contributed by atoms with Gasteiger partial charge >= 0.3 is 6.03 Å². The van der Waals surface area contributed by atoms with Gasteiger partial charge in [0.1, 0.15) is 5.82 Å². The van der Waals surface area contributed by atoms with Crippen molar-refractivity contribution in [2.75, 3.05) is 19.0 Å². The lowest BCUT2D eigenvalue weighted by atomic mass is 9.93. The normalized spacial score (nSPS) is 18.7. The number of aromatic nitrogens is 1. The molecule has 2 amide bonds. The Bertz CT molecular complexity index is 1300. The lowest BCUT2D eigenvalue weighted by Gasteiger charge is -2.34. The number of halogens is 3. The van der Waals surface area contributed by atoms with Gasteiger partial charge in [0.05, 0.1) is 6.04 Å². The molecule has 0 spiro atoms. The molecule has 0 radical (unpaired) electrons. The first-order chi connectivity index (χ1) is 17.3. The van der Waals surface area contributed by atoms with Crippen LogP contribution in [0.4, 0.5) is 23.7 Å². The van der Waals surface area contributed by atoms with Gasteiger partial charge in [-0.1, -0.05) is 30.3 Å². The van der Waals surface area contributed by atoms with Crippen molar-refractivity contribution in [3.8, 4) is 11.1 Å². The number of hydrogen-bond acceptors (Lipinski definition) is 3.